The van der Waals surface area contributed by atoms with Crippen LogP contribution in [-0.2, 0) is 0 Å². The summed E-state index contributed by atoms with van der Waals surface area (Å²) in [6, 6.07) is 4.40. The van der Waals surface area contributed by atoms with E-state index < -0.39 is 0 Å². The lowest BCUT2D eigenvalue weighted by atomic mass is 10.1. The van der Waals surface area contributed by atoms with Crippen molar-refractivity contribution in [1.82, 2.24) is 9.88 Å². The zero-order valence-electron chi connectivity index (χ0n) is 7.56. The molecule has 0 amide bonds. The van der Waals surface area contributed by atoms with E-state index in [1.807, 2.05) is 12.3 Å². The Morgan fingerprint density at radius 3 is 3.23 bits per heavy atom. The first-order valence-corrected chi connectivity index (χ1v) is 4.66. The summed E-state index contributed by atoms with van der Waals surface area (Å²) in [7, 11) is 0. The smallest absolute Gasteiger partial charge is 0.0961 e. The number of likely N-dealkylation sites (tertiary alicyclic amines) is 1. The minimum Gasteiger partial charge on any atom is -0.381 e. The lowest BCUT2D eigenvalue weighted by molar-refractivity contribution is 0.0962. The zero-order chi connectivity index (χ0) is 9.10. The minimum absolute atomic E-state index is 0.152. The molecule has 1 aromatic heterocycles. The molecule has 0 bridgehead atoms. The topological polar surface area (TPSA) is 36.4 Å². The van der Waals surface area contributed by atoms with Crippen molar-refractivity contribution in [2.45, 2.75) is 18.9 Å². The third-order valence-electron chi connectivity index (χ3n) is 2.61. The number of rotatable bonds is 2. The average Bonchev–Trinajstić information content (AvgIpc) is 2.67. The van der Waals surface area contributed by atoms with Crippen LogP contribution < -0.4 is 0 Å². The molecule has 1 unspecified atom stereocenters. The van der Waals surface area contributed by atoms with E-state index in [-0.39, 0.29) is 6.73 Å². The molecule has 1 aliphatic rings. The molecule has 2 heterocycles. The molecule has 3 nitrogen and oxygen atoms in total. The van der Waals surface area contributed by atoms with Gasteiger partial charge in [-0.25, -0.2) is 0 Å². The maximum Gasteiger partial charge on any atom is 0.0961 e. The second-order valence-corrected chi connectivity index (χ2v) is 3.40. The molecule has 0 radical (unpaired) electrons. The molecule has 3 heteroatoms. The van der Waals surface area contributed by atoms with Crippen molar-refractivity contribution in [2.75, 3.05) is 13.3 Å². The van der Waals surface area contributed by atoms with Gasteiger partial charge in [0.05, 0.1) is 6.73 Å². The van der Waals surface area contributed by atoms with Crippen molar-refractivity contribution < 1.29 is 5.11 Å². The minimum atomic E-state index is 0.152. The first kappa shape index (κ1) is 8.66. The number of nitrogens with zero attached hydrogens (tertiary/aromatic N) is 2. The molecule has 13 heavy (non-hydrogen) atoms. The van der Waals surface area contributed by atoms with Crippen LogP contribution in [-0.4, -0.2) is 28.3 Å². The maximum atomic E-state index is 9.10. The van der Waals surface area contributed by atoms with Crippen molar-refractivity contribution in [3.05, 3.63) is 30.1 Å². The number of aliphatic hydroxyl groups is 1. The maximum absolute atomic E-state index is 9.10. The van der Waals surface area contributed by atoms with E-state index in [0.717, 1.165) is 13.0 Å². The highest BCUT2D eigenvalue weighted by Crippen LogP contribution is 2.30. The van der Waals surface area contributed by atoms with Crippen LogP contribution in [0.2, 0.25) is 0 Å². The lowest BCUT2D eigenvalue weighted by Gasteiger charge is -2.21. The molecule has 0 aliphatic carbocycles. The van der Waals surface area contributed by atoms with Crippen LogP contribution >= 0.6 is 0 Å². The summed E-state index contributed by atoms with van der Waals surface area (Å²) in [6.07, 6.45) is 5.97. The van der Waals surface area contributed by atoms with E-state index in [1.54, 1.807) is 6.20 Å². The van der Waals surface area contributed by atoms with E-state index >= 15 is 0 Å². The third-order valence-corrected chi connectivity index (χ3v) is 2.61. The van der Waals surface area contributed by atoms with Gasteiger partial charge in [-0.15, -0.1) is 0 Å². The van der Waals surface area contributed by atoms with E-state index in [1.165, 1.54) is 12.0 Å². The Morgan fingerprint density at radius 1 is 1.62 bits per heavy atom. The van der Waals surface area contributed by atoms with Crippen LogP contribution in [0.15, 0.2) is 24.5 Å². The van der Waals surface area contributed by atoms with Gasteiger partial charge in [-0.3, -0.25) is 9.88 Å². The quantitative estimate of drug-likeness (QED) is 0.738. The van der Waals surface area contributed by atoms with Crippen LogP contribution in [0.3, 0.4) is 0 Å². The molecule has 1 saturated heterocycles. The number of hydrogen-bond acceptors (Lipinski definition) is 3. The van der Waals surface area contributed by atoms with Gasteiger partial charge in [0.25, 0.3) is 0 Å². The van der Waals surface area contributed by atoms with Crippen molar-refractivity contribution in [3.63, 3.8) is 0 Å². The van der Waals surface area contributed by atoms with Gasteiger partial charge < -0.3 is 5.11 Å². The summed E-state index contributed by atoms with van der Waals surface area (Å²) in [6.45, 7) is 1.15. The van der Waals surface area contributed by atoms with Crippen LogP contribution in [0.25, 0.3) is 0 Å². The molecule has 70 valence electrons. The molecule has 2 rings (SSSR count). The SMILES string of the molecule is OCN1CCCC1c1cccnc1. The summed E-state index contributed by atoms with van der Waals surface area (Å²) in [5, 5.41) is 9.10. The number of pyridine rings is 1. The average molecular weight is 178 g/mol. The van der Waals surface area contributed by atoms with Crippen molar-refractivity contribution >= 4 is 0 Å². The second-order valence-electron chi connectivity index (χ2n) is 3.40. The number of aliphatic hydroxyl groups excluding tert-OH is 1. The van der Waals surface area contributed by atoms with Gasteiger partial charge in [0.2, 0.25) is 0 Å². The highest BCUT2D eigenvalue weighted by atomic mass is 16.3. The third kappa shape index (κ3) is 1.71. The van der Waals surface area contributed by atoms with Gasteiger partial charge >= 0.3 is 0 Å². The predicted octanol–water partition coefficient (Wildman–Crippen LogP) is 1.17. The fourth-order valence-electron chi connectivity index (χ4n) is 1.95. The Labute approximate surface area is 78.0 Å². The Bertz CT molecular complexity index is 263. The van der Waals surface area contributed by atoms with Gasteiger partial charge in [0, 0.05) is 25.0 Å². The highest BCUT2D eigenvalue weighted by molar-refractivity contribution is 5.15. The van der Waals surface area contributed by atoms with Crippen LogP contribution in [0, 0.1) is 0 Å². The molecule has 1 atom stereocenters. The molecular formula is C10H14N2O. The zero-order valence-corrected chi connectivity index (χ0v) is 7.56. The molecule has 1 aromatic rings. The van der Waals surface area contributed by atoms with Crippen LogP contribution in [0.1, 0.15) is 24.4 Å². The second kappa shape index (κ2) is 3.85. The van der Waals surface area contributed by atoms with Crippen LogP contribution in [0.5, 0.6) is 0 Å². The molecule has 0 spiro atoms. The fraction of sp³-hybridized carbons (Fsp3) is 0.500. The van der Waals surface area contributed by atoms with Gasteiger partial charge in [-0.1, -0.05) is 6.07 Å². The summed E-state index contributed by atoms with van der Waals surface area (Å²) in [5.41, 5.74) is 1.22. The van der Waals surface area contributed by atoms with E-state index in [9.17, 15) is 0 Å². The molecule has 1 aliphatic heterocycles. The standard InChI is InChI=1S/C10H14N2O/c13-8-12-6-2-4-10(12)9-3-1-5-11-7-9/h1,3,5,7,10,13H,2,4,6,8H2. The van der Waals surface area contributed by atoms with Crippen LogP contribution in [0.4, 0.5) is 0 Å². The predicted molar refractivity (Wildman–Crippen MR) is 50.0 cm³/mol. The summed E-state index contributed by atoms with van der Waals surface area (Å²) in [5.74, 6) is 0. The molecule has 0 aromatic carbocycles. The fourth-order valence-corrected chi connectivity index (χ4v) is 1.95. The normalized spacial score (nSPS) is 23.6. The first-order valence-electron chi connectivity index (χ1n) is 4.66. The van der Waals surface area contributed by atoms with Crippen molar-refractivity contribution in [2.24, 2.45) is 0 Å². The Morgan fingerprint density at radius 2 is 2.54 bits per heavy atom. The Hall–Kier alpha value is -0.930. The van der Waals surface area contributed by atoms with Gasteiger partial charge in [0.15, 0.2) is 0 Å². The number of hydrogen-bond donors (Lipinski definition) is 1. The number of aromatic nitrogens is 1. The molecule has 1 fully saturated rings. The van der Waals surface area contributed by atoms with E-state index in [2.05, 4.69) is 16.0 Å². The monoisotopic (exact) mass is 178 g/mol. The molecule has 0 saturated carbocycles. The molecule has 1 N–H and O–H groups in total. The van der Waals surface area contributed by atoms with E-state index in [4.69, 9.17) is 5.11 Å². The summed E-state index contributed by atoms with van der Waals surface area (Å²) >= 11 is 0. The van der Waals surface area contributed by atoms with Crippen molar-refractivity contribution in [1.29, 1.82) is 0 Å². The highest BCUT2D eigenvalue weighted by Gasteiger charge is 2.24. The largest absolute Gasteiger partial charge is 0.381 e. The molecular weight excluding hydrogens is 164 g/mol. The van der Waals surface area contributed by atoms with Gasteiger partial charge in [0.1, 0.15) is 0 Å². The summed E-state index contributed by atoms with van der Waals surface area (Å²) in [4.78, 5) is 6.17. The Balaban J connectivity index is 2.16. The first-order chi connectivity index (χ1) is 6.42. The van der Waals surface area contributed by atoms with Gasteiger partial charge in [-0.05, 0) is 24.5 Å². The van der Waals surface area contributed by atoms with E-state index in [0.29, 0.717) is 6.04 Å². The summed E-state index contributed by atoms with van der Waals surface area (Å²) < 4.78 is 0. The van der Waals surface area contributed by atoms with Crippen molar-refractivity contribution in [3.8, 4) is 0 Å². The Kier molecular flexibility index (Phi) is 2.57. The van der Waals surface area contributed by atoms with Gasteiger partial charge in [-0.2, -0.15) is 0 Å². The lowest BCUT2D eigenvalue weighted by Crippen LogP contribution is -2.24.